The Morgan fingerprint density at radius 2 is 1.83 bits per heavy atom. The van der Waals surface area contributed by atoms with Crippen LogP contribution >= 0.6 is 0 Å². The van der Waals surface area contributed by atoms with Crippen LogP contribution in [0.1, 0.15) is 11.7 Å². The molecule has 3 rings (SSSR count). The van der Waals surface area contributed by atoms with E-state index in [1.807, 2.05) is 18.2 Å². The van der Waals surface area contributed by atoms with Crippen molar-refractivity contribution in [1.29, 1.82) is 0 Å². The second kappa shape index (κ2) is 4.75. The van der Waals surface area contributed by atoms with Crippen LogP contribution in [0.2, 0.25) is 0 Å². The fraction of sp³-hybridized carbons (Fsp3) is 0.0769. The number of allylic oxidation sites excluding steroid dienone is 2. The summed E-state index contributed by atoms with van der Waals surface area (Å²) in [4.78, 5) is 8.46. The maximum atomic E-state index is 5.54. The van der Waals surface area contributed by atoms with Crippen molar-refractivity contribution in [2.45, 2.75) is 6.10 Å². The second-order valence-corrected chi connectivity index (χ2v) is 3.70. The quantitative estimate of drug-likeness (QED) is 0.801. The third kappa shape index (κ3) is 1.98. The van der Waals surface area contributed by atoms with E-state index >= 15 is 0 Å². The van der Waals surface area contributed by atoms with Crippen molar-refractivity contribution in [3.05, 3.63) is 60.9 Å². The molecule has 2 aromatic rings. The van der Waals surface area contributed by atoms with Crippen molar-refractivity contribution in [2.75, 3.05) is 0 Å². The molecule has 5 nitrogen and oxygen atoms in total. The Morgan fingerprint density at radius 3 is 2.61 bits per heavy atom. The maximum Gasteiger partial charge on any atom is 0.161 e. The first-order valence-electron chi connectivity index (χ1n) is 5.52. The van der Waals surface area contributed by atoms with Crippen molar-refractivity contribution in [1.82, 2.24) is 20.2 Å². The molecular formula is C13H10N4O. The van der Waals surface area contributed by atoms with Crippen LogP contribution in [-0.2, 0) is 4.74 Å². The van der Waals surface area contributed by atoms with Gasteiger partial charge >= 0.3 is 0 Å². The van der Waals surface area contributed by atoms with Gasteiger partial charge in [-0.15, -0.1) is 0 Å². The summed E-state index contributed by atoms with van der Waals surface area (Å²) in [6.45, 7) is 0. The minimum Gasteiger partial charge on any atom is -0.489 e. The summed E-state index contributed by atoms with van der Waals surface area (Å²) >= 11 is 0. The fourth-order valence-electron chi connectivity index (χ4n) is 1.75. The summed E-state index contributed by atoms with van der Waals surface area (Å²) in [7, 11) is 0. The third-order valence-electron chi connectivity index (χ3n) is 2.58. The first-order chi connectivity index (χ1) is 8.95. The molecule has 1 unspecified atom stereocenters. The van der Waals surface area contributed by atoms with Crippen molar-refractivity contribution < 1.29 is 4.74 Å². The zero-order chi connectivity index (χ0) is 12.2. The number of hydrogen-bond donors (Lipinski definition) is 0. The Hall–Kier alpha value is -2.56. The fourth-order valence-corrected chi connectivity index (χ4v) is 1.75. The highest BCUT2D eigenvalue weighted by atomic mass is 16.5. The molecule has 5 heteroatoms. The topological polar surface area (TPSA) is 60.8 Å². The van der Waals surface area contributed by atoms with Crippen LogP contribution in [0.4, 0.5) is 0 Å². The number of hydrogen-bond acceptors (Lipinski definition) is 5. The highest BCUT2D eigenvalue weighted by Gasteiger charge is 2.17. The van der Waals surface area contributed by atoms with Gasteiger partial charge in [-0.3, -0.25) is 0 Å². The molecule has 3 heterocycles. The molecule has 88 valence electrons. The summed E-state index contributed by atoms with van der Waals surface area (Å²) in [5, 5.41) is 7.79. The molecule has 0 spiro atoms. The van der Waals surface area contributed by atoms with Crippen LogP contribution in [-0.4, -0.2) is 20.2 Å². The van der Waals surface area contributed by atoms with Crippen molar-refractivity contribution in [2.24, 2.45) is 0 Å². The van der Waals surface area contributed by atoms with Gasteiger partial charge in [-0.1, -0.05) is 6.08 Å². The lowest BCUT2D eigenvalue weighted by molar-refractivity contribution is 0.186. The summed E-state index contributed by atoms with van der Waals surface area (Å²) < 4.78 is 5.54. The zero-order valence-electron chi connectivity index (χ0n) is 9.47. The molecular weight excluding hydrogens is 228 g/mol. The van der Waals surface area contributed by atoms with Gasteiger partial charge in [0.2, 0.25) is 0 Å². The molecule has 0 saturated heterocycles. The molecule has 0 saturated carbocycles. The van der Waals surface area contributed by atoms with Gasteiger partial charge in [-0.25, -0.2) is 9.97 Å². The van der Waals surface area contributed by atoms with Crippen LogP contribution in [0.15, 0.2) is 55.3 Å². The highest BCUT2D eigenvalue weighted by molar-refractivity contribution is 5.59. The van der Waals surface area contributed by atoms with E-state index in [-0.39, 0.29) is 6.10 Å². The molecule has 1 aliphatic rings. The minimum absolute atomic E-state index is 0.177. The molecule has 0 fully saturated rings. The molecule has 0 aliphatic carbocycles. The SMILES string of the molecule is C1=COC(c2cnncc2-c2ncccn2)C=C1. The number of aromatic nitrogens is 4. The van der Waals surface area contributed by atoms with Crippen LogP contribution in [0.5, 0.6) is 0 Å². The smallest absolute Gasteiger partial charge is 0.161 e. The van der Waals surface area contributed by atoms with Crippen molar-refractivity contribution in [3.63, 3.8) is 0 Å². The predicted octanol–water partition coefficient (Wildman–Crippen LogP) is 2.07. The lowest BCUT2D eigenvalue weighted by atomic mass is 10.0. The van der Waals surface area contributed by atoms with Crippen LogP contribution < -0.4 is 0 Å². The largest absolute Gasteiger partial charge is 0.489 e. The monoisotopic (exact) mass is 238 g/mol. The van der Waals surface area contributed by atoms with E-state index in [1.165, 1.54) is 0 Å². The molecule has 1 aliphatic heterocycles. The van der Waals surface area contributed by atoms with Gasteiger partial charge in [0.15, 0.2) is 5.82 Å². The molecule has 2 aromatic heterocycles. The molecule has 0 aromatic carbocycles. The van der Waals surface area contributed by atoms with Gasteiger partial charge in [0.05, 0.1) is 18.7 Å². The third-order valence-corrected chi connectivity index (χ3v) is 2.58. The van der Waals surface area contributed by atoms with E-state index in [4.69, 9.17) is 4.74 Å². The first kappa shape index (κ1) is 10.6. The predicted molar refractivity (Wildman–Crippen MR) is 65.2 cm³/mol. The van der Waals surface area contributed by atoms with Gasteiger partial charge in [0.25, 0.3) is 0 Å². The van der Waals surface area contributed by atoms with Crippen LogP contribution in [0.3, 0.4) is 0 Å². The Bertz CT molecular complexity index is 595. The normalized spacial score (nSPS) is 17.4. The molecule has 0 radical (unpaired) electrons. The number of nitrogens with zero attached hydrogens (tertiary/aromatic N) is 4. The Balaban J connectivity index is 2.05. The summed E-state index contributed by atoms with van der Waals surface area (Å²) in [6.07, 6.45) is 13.9. The van der Waals surface area contributed by atoms with E-state index < -0.39 is 0 Å². The van der Waals surface area contributed by atoms with E-state index in [2.05, 4.69) is 20.2 Å². The van der Waals surface area contributed by atoms with Crippen molar-refractivity contribution in [3.8, 4) is 11.4 Å². The van der Waals surface area contributed by atoms with Crippen molar-refractivity contribution >= 4 is 0 Å². The van der Waals surface area contributed by atoms with E-state index in [9.17, 15) is 0 Å². The summed E-state index contributed by atoms with van der Waals surface area (Å²) in [6, 6.07) is 1.78. The lowest BCUT2D eigenvalue weighted by Gasteiger charge is -2.17. The molecule has 0 N–H and O–H groups in total. The van der Waals surface area contributed by atoms with Crippen LogP contribution in [0, 0.1) is 0 Å². The molecule has 0 amide bonds. The lowest BCUT2D eigenvalue weighted by Crippen LogP contribution is -2.04. The Morgan fingerprint density at radius 1 is 1.00 bits per heavy atom. The summed E-state index contributed by atoms with van der Waals surface area (Å²) in [5.41, 5.74) is 1.73. The number of ether oxygens (including phenoxy) is 1. The standard InChI is InChI=1S/C13H10N4O/c1-2-7-18-12(4-1)10-8-16-17-9-11(10)13-14-5-3-6-15-13/h1-9,12H. The van der Waals surface area contributed by atoms with Crippen LogP contribution in [0.25, 0.3) is 11.4 Å². The van der Waals surface area contributed by atoms with E-state index in [0.717, 1.165) is 11.1 Å². The Labute approximate surface area is 104 Å². The molecule has 1 atom stereocenters. The van der Waals surface area contributed by atoms with Gasteiger partial charge < -0.3 is 4.74 Å². The van der Waals surface area contributed by atoms with Gasteiger partial charge in [0, 0.05) is 23.5 Å². The molecule has 18 heavy (non-hydrogen) atoms. The van der Waals surface area contributed by atoms with Gasteiger partial charge in [0.1, 0.15) is 6.10 Å². The Kier molecular flexibility index (Phi) is 2.79. The van der Waals surface area contributed by atoms with E-state index in [0.29, 0.717) is 5.82 Å². The maximum absolute atomic E-state index is 5.54. The molecule has 0 bridgehead atoms. The zero-order valence-corrected chi connectivity index (χ0v) is 9.47. The second-order valence-electron chi connectivity index (χ2n) is 3.70. The average Bonchev–Trinajstić information content (AvgIpc) is 2.49. The highest BCUT2D eigenvalue weighted by Crippen LogP contribution is 2.28. The van der Waals surface area contributed by atoms with Gasteiger partial charge in [-0.2, -0.15) is 10.2 Å². The average molecular weight is 238 g/mol. The minimum atomic E-state index is -0.177. The number of rotatable bonds is 2. The summed E-state index contributed by atoms with van der Waals surface area (Å²) in [5.74, 6) is 0.619. The van der Waals surface area contributed by atoms with E-state index in [1.54, 1.807) is 37.1 Å². The first-order valence-corrected chi connectivity index (χ1v) is 5.52. The van der Waals surface area contributed by atoms with Gasteiger partial charge in [-0.05, 0) is 18.2 Å².